The molecule has 2 aromatic carbocycles. The molecule has 2 aromatic rings. The van der Waals surface area contributed by atoms with Gasteiger partial charge in [-0.15, -0.1) is 13.2 Å². The van der Waals surface area contributed by atoms with E-state index in [1.54, 1.807) is 17.0 Å². The van der Waals surface area contributed by atoms with Gasteiger partial charge in [0.2, 0.25) is 5.91 Å². The smallest absolute Gasteiger partial charge is 0.496 e. The van der Waals surface area contributed by atoms with E-state index in [1.165, 1.54) is 25.3 Å². The van der Waals surface area contributed by atoms with Crippen molar-refractivity contribution in [2.75, 3.05) is 25.5 Å². The SMILES string of the molecule is COc1ccc(Cl)cc1C(=O)N1CCC(C(=O)Nc2cccc(OC(F)(F)F)c2)CC1. The van der Waals surface area contributed by atoms with Crippen molar-refractivity contribution in [3.8, 4) is 11.5 Å². The van der Waals surface area contributed by atoms with Crippen molar-refractivity contribution in [3.63, 3.8) is 0 Å². The summed E-state index contributed by atoms with van der Waals surface area (Å²) in [4.78, 5) is 27.0. The van der Waals surface area contributed by atoms with Crippen molar-refractivity contribution in [2.24, 2.45) is 5.92 Å². The van der Waals surface area contributed by atoms with E-state index >= 15 is 0 Å². The number of nitrogens with one attached hydrogen (secondary N) is 1. The molecule has 1 N–H and O–H groups in total. The maximum atomic E-state index is 12.8. The number of likely N-dealkylation sites (tertiary alicyclic amines) is 1. The van der Waals surface area contributed by atoms with Gasteiger partial charge in [0.15, 0.2) is 0 Å². The lowest BCUT2D eigenvalue weighted by atomic mass is 9.95. The summed E-state index contributed by atoms with van der Waals surface area (Å²) in [6.45, 7) is 0.702. The Labute approximate surface area is 181 Å². The number of piperidine rings is 1. The number of rotatable bonds is 5. The van der Waals surface area contributed by atoms with Crippen LogP contribution in [0.4, 0.5) is 18.9 Å². The molecule has 31 heavy (non-hydrogen) atoms. The van der Waals surface area contributed by atoms with Crippen LogP contribution in [0.1, 0.15) is 23.2 Å². The summed E-state index contributed by atoms with van der Waals surface area (Å²) < 4.78 is 46.2. The first-order valence-corrected chi connectivity index (χ1v) is 9.83. The number of carbonyl (C=O) groups is 2. The second kappa shape index (κ2) is 9.47. The Morgan fingerprint density at radius 2 is 1.84 bits per heavy atom. The molecule has 0 bridgehead atoms. The Morgan fingerprint density at radius 3 is 2.48 bits per heavy atom. The molecule has 6 nitrogen and oxygen atoms in total. The number of carbonyl (C=O) groups excluding carboxylic acids is 2. The fourth-order valence-electron chi connectivity index (χ4n) is 3.38. The zero-order chi connectivity index (χ0) is 22.6. The number of nitrogens with zero attached hydrogens (tertiary/aromatic N) is 1. The first-order chi connectivity index (χ1) is 14.7. The van der Waals surface area contributed by atoms with Gasteiger partial charge in [-0.3, -0.25) is 9.59 Å². The van der Waals surface area contributed by atoms with E-state index in [4.69, 9.17) is 16.3 Å². The molecule has 0 saturated carbocycles. The number of halogens is 4. The molecular weight excluding hydrogens is 437 g/mol. The number of anilines is 1. The lowest BCUT2D eigenvalue weighted by Gasteiger charge is -2.31. The maximum absolute atomic E-state index is 12.8. The Bertz CT molecular complexity index is 960. The first kappa shape index (κ1) is 22.7. The molecule has 3 rings (SSSR count). The summed E-state index contributed by atoms with van der Waals surface area (Å²) in [6.07, 6.45) is -3.98. The van der Waals surface area contributed by atoms with E-state index in [9.17, 15) is 22.8 Å². The Kier molecular flexibility index (Phi) is 6.94. The van der Waals surface area contributed by atoms with Gasteiger partial charge in [0.25, 0.3) is 5.91 Å². The van der Waals surface area contributed by atoms with Crippen LogP contribution in [0.2, 0.25) is 5.02 Å². The second-order valence-corrected chi connectivity index (χ2v) is 7.41. The topological polar surface area (TPSA) is 67.9 Å². The van der Waals surface area contributed by atoms with Crippen LogP contribution in [0.3, 0.4) is 0 Å². The van der Waals surface area contributed by atoms with Gasteiger partial charge in [-0.25, -0.2) is 0 Å². The number of ether oxygens (including phenoxy) is 2. The predicted octanol–water partition coefficient (Wildman–Crippen LogP) is 4.74. The first-order valence-electron chi connectivity index (χ1n) is 9.46. The van der Waals surface area contributed by atoms with E-state index < -0.39 is 12.1 Å². The average Bonchev–Trinajstić information content (AvgIpc) is 2.72. The van der Waals surface area contributed by atoms with Crippen molar-refractivity contribution in [1.82, 2.24) is 4.90 Å². The van der Waals surface area contributed by atoms with Crippen LogP contribution in [-0.2, 0) is 4.79 Å². The average molecular weight is 457 g/mol. The van der Waals surface area contributed by atoms with Crippen molar-refractivity contribution in [3.05, 3.63) is 53.1 Å². The highest BCUT2D eigenvalue weighted by molar-refractivity contribution is 6.31. The number of amides is 2. The van der Waals surface area contributed by atoms with Crippen LogP contribution in [0, 0.1) is 5.92 Å². The minimum Gasteiger partial charge on any atom is -0.496 e. The molecule has 0 unspecified atom stereocenters. The van der Waals surface area contributed by atoms with Gasteiger partial charge in [0, 0.05) is 35.8 Å². The molecule has 1 saturated heterocycles. The Balaban J connectivity index is 1.59. The third-order valence-electron chi connectivity index (χ3n) is 4.88. The highest BCUT2D eigenvalue weighted by atomic mass is 35.5. The molecule has 1 aliphatic rings. The van der Waals surface area contributed by atoms with E-state index in [0.717, 1.165) is 12.1 Å². The van der Waals surface area contributed by atoms with Crippen LogP contribution in [0.25, 0.3) is 0 Å². The quantitative estimate of drug-likeness (QED) is 0.705. The zero-order valence-corrected chi connectivity index (χ0v) is 17.3. The number of alkyl halides is 3. The van der Waals surface area contributed by atoms with Crippen LogP contribution < -0.4 is 14.8 Å². The van der Waals surface area contributed by atoms with Crippen LogP contribution in [0.5, 0.6) is 11.5 Å². The maximum Gasteiger partial charge on any atom is 0.573 e. The molecule has 0 spiro atoms. The molecule has 1 heterocycles. The number of benzene rings is 2. The van der Waals surface area contributed by atoms with Crippen molar-refractivity contribution in [2.45, 2.75) is 19.2 Å². The fraction of sp³-hybridized carbons (Fsp3) is 0.333. The molecule has 1 aliphatic heterocycles. The molecule has 0 radical (unpaired) electrons. The summed E-state index contributed by atoms with van der Waals surface area (Å²) >= 11 is 5.99. The molecular formula is C21H20ClF3N2O4. The van der Waals surface area contributed by atoms with Gasteiger partial charge < -0.3 is 19.7 Å². The summed E-state index contributed by atoms with van der Waals surface area (Å²) in [7, 11) is 1.46. The van der Waals surface area contributed by atoms with Crippen molar-refractivity contribution >= 4 is 29.1 Å². The predicted molar refractivity (Wildman–Crippen MR) is 108 cm³/mol. The molecule has 1 fully saturated rings. The third kappa shape index (κ3) is 6.04. The Hall–Kier alpha value is -2.94. The minimum absolute atomic E-state index is 0.203. The van der Waals surface area contributed by atoms with Gasteiger partial charge in [0.1, 0.15) is 11.5 Å². The highest BCUT2D eigenvalue weighted by Gasteiger charge is 2.32. The van der Waals surface area contributed by atoms with Gasteiger partial charge in [-0.05, 0) is 43.2 Å². The fourth-order valence-corrected chi connectivity index (χ4v) is 3.55. The van der Waals surface area contributed by atoms with Crippen LogP contribution in [0.15, 0.2) is 42.5 Å². The Morgan fingerprint density at radius 1 is 1.13 bits per heavy atom. The second-order valence-electron chi connectivity index (χ2n) is 6.98. The molecule has 166 valence electrons. The lowest BCUT2D eigenvalue weighted by Crippen LogP contribution is -2.41. The van der Waals surface area contributed by atoms with E-state index in [2.05, 4.69) is 10.1 Å². The molecule has 0 aliphatic carbocycles. The van der Waals surface area contributed by atoms with Gasteiger partial charge in [-0.1, -0.05) is 17.7 Å². The van der Waals surface area contributed by atoms with Gasteiger partial charge in [0.05, 0.1) is 12.7 Å². The van der Waals surface area contributed by atoms with E-state index in [-0.39, 0.29) is 23.4 Å². The van der Waals surface area contributed by atoms with E-state index in [0.29, 0.717) is 42.3 Å². The van der Waals surface area contributed by atoms with Crippen LogP contribution >= 0.6 is 11.6 Å². The largest absolute Gasteiger partial charge is 0.573 e. The molecule has 10 heteroatoms. The molecule has 2 amide bonds. The number of hydrogen-bond donors (Lipinski definition) is 1. The third-order valence-corrected chi connectivity index (χ3v) is 5.12. The molecule has 0 aromatic heterocycles. The summed E-state index contributed by atoms with van der Waals surface area (Å²) in [5.41, 5.74) is 0.549. The zero-order valence-electron chi connectivity index (χ0n) is 16.5. The lowest BCUT2D eigenvalue weighted by molar-refractivity contribution is -0.274. The van der Waals surface area contributed by atoms with Gasteiger partial charge in [-0.2, -0.15) is 0 Å². The van der Waals surface area contributed by atoms with Gasteiger partial charge >= 0.3 is 6.36 Å². The monoisotopic (exact) mass is 456 g/mol. The number of hydrogen-bond acceptors (Lipinski definition) is 4. The van der Waals surface area contributed by atoms with E-state index in [1.807, 2.05) is 0 Å². The summed E-state index contributed by atoms with van der Waals surface area (Å²) in [6, 6.07) is 9.88. The summed E-state index contributed by atoms with van der Waals surface area (Å²) in [5, 5.41) is 3.02. The summed E-state index contributed by atoms with van der Waals surface area (Å²) in [5.74, 6) is -0.944. The van der Waals surface area contributed by atoms with Crippen molar-refractivity contribution < 1.29 is 32.2 Å². The van der Waals surface area contributed by atoms with Crippen LogP contribution in [-0.4, -0.2) is 43.3 Å². The highest BCUT2D eigenvalue weighted by Crippen LogP contribution is 2.28. The molecule has 0 atom stereocenters. The number of methoxy groups -OCH3 is 1. The standard InChI is InChI=1S/C21H20ClF3N2O4/c1-30-18-6-5-14(22)11-17(18)20(29)27-9-7-13(8-10-27)19(28)26-15-3-2-4-16(12-15)31-21(23,24)25/h2-6,11-13H,7-10H2,1H3,(H,26,28). The van der Waals surface area contributed by atoms with Crippen molar-refractivity contribution in [1.29, 1.82) is 0 Å². The minimum atomic E-state index is -4.81. The normalized spacial score (nSPS) is 14.8.